The van der Waals surface area contributed by atoms with Crippen molar-refractivity contribution in [3.8, 4) is 39.1 Å². The van der Waals surface area contributed by atoms with Gasteiger partial charge in [0.15, 0.2) is 0 Å². The highest BCUT2D eigenvalue weighted by Crippen LogP contribution is 2.51. The van der Waals surface area contributed by atoms with Gasteiger partial charge in [0, 0.05) is 22.4 Å². The van der Waals surface area contributed by atoms with Crippen molar-refractivity contribution in [1.29, 1.82) is 0 Å². The van der Waals surface area contributed by atoms with E-state index in [9.17, 15) is 4.39 Å². The Morgan fingerprint density at radius 1 is 0.377 bits per heavy atom. The summed E-state index contributed by atoms with van der Waals surface area (Å²) in [6.07, 6.45) is 0. The number of aromatic nitrogens is 1. The third kappa shape index (κ3) is 4.49. The molecule has 1 nitrogen and oxygen atoms in total. The summed E-state index contributed by atoms with van der Waals surface area (Å²) in [5, 5.41) is 6.97. The molecule has 248 valence electrons. The van der Waals surface area contributed by atoms with Crippen LogP contribution in [0.1, 0.15) is 22.6 Å². The summed E-state index contributed by atoms with van der Waals surface area (Å²) >= 11 is 0. The first-order valence-electron chi connectivity index (χ1n) is 18.2. The Morgan fingerprint density at radius 2 is 0.962 bits per heavy atom. The minimum atomic E-state index is -0.232. The highest BCUT2D eigenvalue weighted by atomic mass is 19.1. The molecule has 0 bridgehead atoms. The maximum atomic E-state index is 14.7. The van der Waals surface area contributed by atoms with Crippen molar-refractivity contribution in [2.24, 2.45) is 0 Å². The van der Waals surface area contributed by atoms with E-state index in [2.05, 4.69) is 168 Å². The molecule has 0 radical (unpaired) electrons. The van der Waals surface area contributed by atoms with Gasteiger partial charge in [0.1, 0.15) is 5.82 Å². The summed E-state index contributed by atoms with van der Waals surface area (Å²) in [5.41, 5.74) is 14.4. The number of hydrogen-bond donors (Lipinski definition) is 0. The van der Waals surface area contributed by atoms with E-state index in [1.165, 1.54) is 61.3 Å². The molecule has 1 aromatic heterocycles. The molecule has 1 atom stereocenters. The van der Waals surface area contributed by atoms with Gasteiger partial charge in [-0.2, -0.15) is 0 Å². The van der Waals surface area contributed by atoms with Gasteiger partial charge in [-0.05, 0) is 120 Å². The molecule has 0 saturated carbocycles. The Bertz CT molecular complexity index is 3010. The lowest BCUT2D eigenvalue weighted by Gasteiger charge is -2.18. The molecule has 1 heterocycles. The van der Waals surface area contributed by atoms with Gasteiger partial charge >= 0.3 is 0 Å². The molecule has 2 heteroatoms. The van der Waals surface area contributed by atoms with Crippen LogP contribution in [0.5, 0.6) is 0 Å². The fourth-order valence-corrected chi connectivity index (χ4v) is 9.13. The molecule has 0 N–H and O–H groups in total. The number of rotatable bonds is 4. The molecule has 1 aliphatic rings. The monoisotopic (exact) mass is 677 g/mol. The van der Waals surface area contributed by atoms with Crippen LogP contribution < -0.4 is 0 Å². The van der Waals surface area contributed by atoms with Crippen molar-refractivity contribution < 1.29 is 4.39 Å². The van der Waals surface area contributed by atoms with Crippen LogP contribution in [0, 0.1) is 5.82 Å². The van der Waals surface area contributed by atoms with E-state index in [4.69, 9.17) is 0 Å². The van der Waals surface area contributed by atoms with Gasteiger partial charge in [0.2, 0.25) is 0 Å². The summed E-state index contributed by atoms with van der Waals surface area (Å²) in [7, 11) is 0. The van der Waals surface area contributed by atoms with Crippen LogP contribution in [0.2, 0.25) is 0 Å². The van der Waals surface area contributed by atoms with Crippen molar-refractivity contribution in [2.45, 2.75) is 5.92 Å². The summed E-state index contributed by atoms with van der Waals surface area (Å²) in [5.74, 6) is -0.0666. The standard InChI is InChI=1S/C51H32FN/c52-35-17-13-16-33(28-35)50-39-22-9-11-24-41(39)51(42-25-12-10-23-40(42)50)34-26-27-47-44(29-34)45-30-43-37-20-7-8-21-38(37)49(32-14-3-1-4-15-32)46(43)31-48(45)53(47)36-18-5-2-6-19-36/h1-31,49H. The van der Waals surface area contributed by atoms with E-state index < -0.39 is 0 Å². The van der Waals surface area contributed by atoms with E-state index in [1.54, 1.807) is 12.1 Å². The van der Waals surface area contributed by atoms with E-state index >= 15 is 0 Å². The summed E-state index contributed by atoms with van der Waals surface area (Å²) in [4.78, 5) is 0. The molecule has 9 aromatic carbocycles. The van der Waals surface area contributed by atoms with E-state index in [-0.39, 0.29) is 11.7 Å². The highest BCUT2D eigenvalue weighted by molar-refractivity contribution is 6.22. The zero-order valence-electron chi connectivity index (χ0n) is 28.8. The van der Waals surface area contributed by atoms with Crippen LogP contribution >= 0.6 is 0 Å². The normalized spacial score (nSPS) is 13.6. The number of hydrogen-bond acceptors (Lipinski definition) is 0. The first-order chi connectivity index (χ1) is 26.2. The predicted octanol–water partition coefficient (Wildman–Crippen LogP) is 13.7. The number of nitrogens with zero attached hydrogens (tertiary/aromatic N) is 1. The lowest BCUT2D eigenvalue weighted by atomic mass is 9.85. The highest BCUT2D eigenvalue weighted by Gasteiger charge is 2.31. The molecule has 11 rings (SSSR count). The summed E-state index contributed by atoms with van der Waals surface area (Å²) in [6.45, 7) is 0. The first kappa shape index (κ1) is 29.9. The topological polar surface area (TPSA) is 4.93 Å². The van der Waals surface area contributed by atoms with Crippen molar-refractivity contribution in [3.63, 3.8) is 0 Å². The van der Waals surface area contributed by atoms with Gasteiger partial charge in [-0.1, -0.05) is 140 Å². The Balaban J connectivity index is 1.23. The van der Waals surface area contributed by atoms with Crippen LogP contribution in [0.15, 0.2) is 188 Å². The fraction of sp³-hybridized carbons (Fsp3) is 0.0196. The maximum absolute atomic E-state index is 14.7. The summed E-state index contributed by atoms with van der Waals surface area (Å²) in [6, 6.07) is 66.6. The van der Waals surface area contributed by atoms with Gasteiger partial charge in [-0.25, -0.2) is 4.39 Å². The van der Waals surface area contributed by atoms with Gasteiger partial charge in [0.25, 0.3) is 0 Å². The lowest BCUT2D eigenvalue weighted by Crippen LogP contribution is -1.99. The Morgan fingerprint density at radius 3 is 1.64 bits per heavy atom. The fourth-order valence-electron chi connectivity index (χ4n) is 9.13. The second kappa shape index (κ2) is 11.6. The van der Waals surface area contributed by atoms with Gasteiger partial charge in [-0.3, -0.25) is 0 Å². The van der Waals surface area contributed by atoms with Crippen molar-refractivity contribution >= 4 is 43.4 Å². The molecular formula is C51H32FN. The molecule has 0 fully saturated rings. The zero-order chi connectivity index (χ0) is 35.0. The Kier molecular flexibility index (Phi) is 6.56. The van der Waals surface area contributed by atoms with Crippen LogP contribution in [0.4, 0.5) is 4.39 Å². The lowest BCUT2D eigenvalue weighted by molar-refractivity contribution is 0.628. The number of benzene rings is 9. The molecule has 10 aromatic rings. The smallest absolute Gasteiger partial charge is 0.123 e. The van der Waals surface area contributed by atoms with Crippen LogP contribution in [-0.4, -0.2) is 4.57 Å². The molecule has 1 aliphatic carbocycles. The molecule has 0 aliphatic heterocycles. The molecule has 53 heavy (non-hydrogen) atoms. The average Bonchev–Trinajstić information content (AvgIpc) is 3.71. The van der Waals surface area contributed by atoms with E-state index in [0.29, 0.717) is 0 Å². The minimum Gasteiger partial charge on any atom is -0.309 e. The second-order valence-corrected chi connectivity index (χ2v) is 14.1. The van der Waals surface area contributed by atoms with Crippen LogP contribution in [0.25, 0.3) is 82.4 Å². The summed E-state index contributed by atoms with van der Waals surface area (Å²) < 4.78 is 17.1. The molecule has 0 spiro atoms. The van der Waals surface area contributed by atoms with Crippen molar-refractivity contribution in [3.05, 3.63) is 211 Å². The van der Waals surface area contributed by atoms with Gasteiger partial charge in [0.05, 0.1) is 11.0 Å². The maximum Gasteiger partial charge on any atom is 0.123 e. The number of fused-ring (bicyclic) bond motifs is 8. The van der Waals surface area contributed by atoms with E-state index in [0.717, 1.165) is 43.9 Å². The third-order valence-corrected chi connectivity index (χ3v) is 11.3. The van der Waals surface area contributed by atoms with Crippen molar-refractivity contribution in [2.75, 3.05) is 0 Å². The SMILES string of the molecule is Fc1cccc(-c2c3ccccc3c(-c3ccc4c(c3)c3cc5c(cc3n4-c3ccccc3)C(c3ccccc3)c3ccccc3-5)c3ccccc23)c1. The van der Waals surface area contributed by atoms with E-state index in [1.807, 2.05) is 6.07 Å². The van der Waals surface area contributed by atoms with Crippen molar-refractivity contribution in [1.82, 2.24) is 4.57 Å². The molecular weight excluding hydrogens is 646 g/mol. The van der Waals surface area contributed by atoms with Gasteiger partial charge < -0.3 is 4.57 Å². The Hall–Kier alpha value is -6.77. The number of para-hydroxylation sites is 1. The quantitative estimate of drug-likeness (QED) is 0.163. The van der Waals surface area contributed by atoms with Crippen LogP contribution in [0.3, 0.4) is 0 Å². The third-order valence-electron chi connectivity index (χ3n) is 11.3. The minimum absolute atomic E-state index is 0.166. The molecule has 1 unspecified atom stereocenters. The zero-order valence-corrected chi connectivity index (χ0v) is 28.8. The predicted molar refractivity (Wildman–Crippen MR) is 219 cm³/mol. The molecule has 0 saturated heterocycles. The largest absolute Gasteiger partial charge is 0.309 e. The number of halogens is 1. The van der Waals surface area contributed by atoms with Crippen LogP contribution in [-0.2, 0) is 0 Å². The Labute approximate surface area is 306 Å². The first-order valence-corrected chi connectivity index (χ1v) is 18.2. The second-order valence-electron chi connectivity index (χ2n) is 14.1. The van der Waals surface area contributed by atoms with Gasteiger partial charge in [-0.15, -0.1) is 0 Å². The molecule has 0 amide bonds. The average molecular weight is 678 g/mol.